The van der Waals surface area contributed by atoms with Gasteiger partial charge in [-0.25, -0.2) is 8.42 Å². The van der Waals surface area contributed by atoms with Crippen molar-refractivity contribution in [2.24, 2.45) is 5.92 Å². The summed E-state index contributed by atoms with van der Waals surface area (Å²) in [5.41, 5.74) is 0.480. The van der Waals surface area contributed by atoms with Crippen LogP contribution in [0.25, 0.3) is 0 Å². The fraction of sp³-hybridized carbons (Fsp3) is 0.429. The van der Waals surface area contributed by atoms with E-state index >= 15 is 0 Å². The molecule has 2 aromatic rings. The summed E-state index contributed by atoms with van der Waals surface area (Å²) in [5.74, 6) is 0.360. The van der Waals surface area contributed by atoms with E-state index in [1.807, 2.05) is 0 Å². The molecule has 1 N–H and O–H groups in total. The number of aryl methyl sites for hydroxylation is 1. The number of hydrogen-bond acceptors (Lipinski definition) is 4. The van der Waals surface area contributed by atoms with Gasteiger partial charge in [0.05, 0.1) is 4.90 Å². The van der Waals surface area contributed by atoms with Gasteiger partial charge in [0, 0.05) is 25.8 Å². The molecule has 3 rings (SSSR count). The van der Waals surface area contributed by atoms with Gasteiger partial charge in [-0.2, -0.15) is 9.98 Å². The predicted octanol–water partition coefficient (Wildman–Crippen LogP) is 2.36. The van der Waals surface area contributed by atoms with E-state index in [0.717, 1.165) is 12.8 Å². The molecule has 0 radical (unpaired) electrons. The van der Waals surface area contributed by atoms with Crippen LogP contribution in [0.5, 0.6) is 0 Å². The Morgan fingerprint density at radius 3 is 2.55 bits per heavy atom. The lowest BCUT2D eigenvalue weighted by molar-refractivity contribution is -0.134. The minimum Gasteiger partial charge on any atom is -0.341 e. The Morgan fingerprint density at radius 2 is 1.90 bits per heavy atom. The van der Waals surface area contributed by atoms with Crippen LogP contribution in [-0.2, 0) is 21.4 Å². The first kappa shape index (κ1) is 21.1. The summed E-state index contributed by atoms with van der Waals surface area (Å²) in [4.78, 5) is 15.0. The van der Waals surface area contributed by atoms with Crippen molar-refractivity contribution in [3.05, 3.63) is 54.4 Å². The Hall–Kier alpha value is -2.63. The molecule has 0 spiro atoms. The molecule has 29 heavy (non-hydrogen) atoms. The zero-order chi connectivity index (χ0) is 20.9. The molecule has 1 aliphatic heterocycles. The second kappa shape index (κ2) is 9.25. The van der Waals surface area contributed by atoms with Gasteiger partial charge < -0.3 is 9.47 Å². The van der Waals surface area contributed by atoms with E-state index in [1.165, 1.54) is 12.1 Å². The number of nitrogens with zero attached hydrogens (tertiary/aromatic N) is 3. The largest absolute Gasteiger partial charge is 0.341 e. The summed E-state index contributed by atoms with van der Waals surface area (Å²) >= 11 is 0. The zero-order valence-electron chi connectivity index (χ0n) is 16.5. The van der Waals surface area contributed by atoms with E-state index in [-0.39, 0.29) is 17.2 Å². The maximum absolute atomic E-state index is 13.2. The number of carbonyl (C=O) groups excluding carboxylic acids is 1. The van der Waals surface area contributed by atoms with Gasteiger partial charge >= 0.3 is 0 Å². The Morgan fingerprint density at radius 1 is 1.21 bits per heavy atom. The first-order valence-electron chi connectivity index (χ1n) is 9.82. The summed E-state index contributed by atoms with van der Waals surface area (Å²) < 4.78 is 30.0. The number of amides is 1. The number of sulfonamides is 1. The molecule has 1 fully saturated rings. The minimum absolute atomic E-state index is 0.128. The molecular weight excluding hydrogens is 388 g/mol. The van der Waals surface area contributed by atoms with Gasteiger partial charge in [0.15, 0.2) is 0 Å². The molecular formula is C21H26N4O3S. The number of carbonyl (C=O) groups is 1. The molecule has 1 unspecified atom stereocenters. The van der Waals surface area contributed by atoms with Crippen molar-refractivity contribution in [3.63, 3.8) is 0 Å². The molecule has 8 heteroatoms. The lowest BCUT2D eigenvalue weighted by Gasteiger charge is -2.33. The summed E-state index contributed by atoms with van der Waals surface area (Å²) in [6.07, 6.45) is 3.86. The molecule has 154 valence electrons. The zero-order valence-corrected chi connectivity index (χ0v) is 17.3. The van der Waals surface area contributed by atoms with Crippen LogP contribution < -0.4 is 4.72 Å². The molecule has 1 aromatic heterocycles. The van der Waals surface area contributed by atoms with Crippen LogP contribution in [-0.4, -0.2) is 42.9 Å². The van der Waals surface area contributed by atoms with Gasteiger partial charge in [0.2, 0.25) is 15.9 Å². The van der Waals surface area contributed by atoms with Gasteiger partial charge in [0.25, 0.3) is 0 Å². The number of aromatic nitrogens is 1. The standard InChI is InChI=1S/C21H26N4O3S/c1-17-9-13-25(14-10-17)21(26)20(11-15-24-12-5-6-18(24)16-22)23-29(27,28)19-7-3-2-4-8-19/h2-8,12,17,20,23H,9-11,13-15H2,1H3. The summed E-state index contributed by atoms with van der Waals surface area (Å²) in [7, 11) is -3.83. The van der Waals surface area contributed by atoms with Crippen LogP contribution in [0.15, 0.2) is 53.6 Å². The average molecular weight is 415 g/mol. The first-order valence-corrected chi connectivity index (χ1v) is 11.3. The second-order valence-corrected chi connectivity index (χ2v) is 9.20. The highest BCUT2D eigenvalue weighted by Crippen LogP contribution is 2.19. The van der Waals surface area contributed by atoms with Crippen LogP contribution in [0.4, 0.5) is 0 Å². The normalized spacial score (nSPS) is 16.3. The van der Waals surface area contributed by atoms with Crippen molar-refractivity contribution in [1.29, 1.82) is 5.26 Å². The number of piperidine rings is 1. The number of nitriles is 1. The molecule has 1 aromatic carbocycles. The molecule has 7 nitrogen and oxygen atoms in total. The smallest absolute Gasteiger partial charge is 0.241 e. The average Bonchev–Trinajstić information content (AvgIpc) is 3.19. The summed E-state index contributed by atoms with van der Waals surface area (Å²) in [5, 5.41) is 9.19. The third-order valence-electron chi connectivity index (χ3n) is 5.35. The number of likely N-dealkylation sites (tertiary alicyclic amines) is 1. The Balaban J connectivity index is 1.79. The fourth-order valence-electron chi connectivity index (χ4n) is 3.52. The van der Waals surface area contributed by atoms with E-state index in [4.69, 9.17) is 0 Å². The van der Waals surface area contributed by atoms with Crippen LogP contribution in [0.2, 0.25) is 0 Å². The van der Waals surface area contributed by atoms with Crippen LogP contribution >= 0.6 is 0 Å². The molecule has 1 amide bonds. The first-order chi connectivity index (χ1) is 13.9. The minimum atomic E-state index is -3.83. The predicted molar refractivity (Wildman–Crippen MR) is 109 cm³/mol. The number of hydrogen-bond donors (Lipinski definition) is 1. The third kappa shape index (κ3) is 5.25. The molecule has 2 heterocycles. The van der Waals surface area contributed by atoms with Crippen LogP contribution in [0.3, 0.4) is 0 Å². The SMILES string of the molecule is CC1CCN(C(=O)C(CCn2cccc2C#N)NS(=O)(=O)c2ccccc2)CC1. The molecule has 0 aliphatic carbocycles. The van der Waals surface area contributed by atoms with Gasteiger partial charge in [0.1, 0.15) is 17.8 Å². The van der Waals surface area contributed by atoms with Crippen molar-refractivity contribution >= 4 is 15.9 Å². The Kier molecular flexibility index (Phi) is 6.72. The van der Waals surface area contributed by atoms with Gasteiger partial charge in [-0.05, 0) is 49.4 Å². The van der Waals surface area contributed by atoms with E-state index < -0.39 is 16.1 Å². The highest BCUT2D eigenvalue weighted by Gasteiger charge is 2.30. The number of benzene rings is 1. The van der Waals surface area contributed by atoms with E-state index in [9.17, 15) is 18.5 Å². The molecule has 1 aliphatic rings. The maximum atomic E-state index is 13.2. The van der Waals surface area contributed by atoms with Crippen molar-refractivity contribution in [2.75, 3.05) is 13.1 Å². The van der Waals surface area contributed by atoms with Crippen LogP contribution in [0, 0.1) is 17.2 Å². The number of nitrogens with one attached hydrogen (secondary N) is 1. The topological polar surface area (TPSA) is 95.2 Å². The molecule has 0 saturated carbocycles. The second-order valence-electron chi connectivity index (χ2n) is 7.48. The Bertz CT molecular complexity index is 971. The monoisotopic (exact) mass is 414 g/mol. The van der Waals surface area contributed by atoms with Crippen LogP contribution in [0.1, 0.15) is 31.9 Å². The van der Waals surface area contributed by atoms with Gasteiger partial charge in [-0.15, -0.1) is 0 Å². The van der Waals surface area contributed by atoms with Crippen molar-refractivity contribution in [3.8, 4) is 6.07 Å². The molecule has 1 atom stereocenters. The van der Waals surface area contributed by atoms with Crippen molar-refractivity contribution < 1.29 is 13.2 Å². The summed E-state index contributed by atoms with van der Waals surface area (Å²) in [6.45, 7) is 3.80. The molecule has 1 saturated heterocycles. The van der Waals surface area contributed by atoms with Crippen molar-refractivity contribution in [2.45, 2.75) is 43.7 Å². The maximum Gasteiger partial charge on any atom is 0.241 e. The lowest BCUT2D eigenvalue weighted by atomic mass is 9.98. The lowest BCUT2D eigenvalue weighted by Crippen LogP contribution is -2.50. The molecule has 0 bridgehead atoms. The summed E-state index contributed by atoms with van der Waals surface area (Å²) in [6, 6.07) is 12.7. The third-order valence-corrected chi connectivity index (χ3v) is 6.83. The van der Waals surface area contributed by atoms with Crippen molar-refractivity contribution in [1.82, 2.24) is 14.2 Å². The van der Waals surface area contributed by atoms with E-state index in [1.54, 1.807) is 46.0 Å². The van der Waals surface area contributed by atoms with Gasteiger partial charge in [-0.3, -0.25) is 4.79 Å². The highest BCUT2D eigenvalue weighted by molar-refractivity contribution is 7.89. The van der Waals surface area contributed by atoms with E-state index in [0.29, 0.717) is 31.2 Å². The number of rotatable bonds is 7. The van der Waals surface area contributed by atoms with E-state index in [2.05, 4.69) is 17.7 Å². The fourth-order valence-corrected chi connectivity index (χ4v) is 4.76. The quantitative estimate of drug-likeness (QED) is 0.752. The highest BCUT2D eigenvalue weighted by atomic mass is 32.2. The Labute approximate surface area is 172 Å². The van der Waals surface area contributed by atoms with Gasteiger partial charge in [-0.1, -0.05) is 25.1 Å².